The van der Waals surface area contributed by atoms with Crippen molar-refractivity contribution in [3.63, 3.8) is 0 Å². The molecule has 0 aliphatic carbocycles. The van der Waals surface area contributed by atoms with Crippen molar-refractivity contribution >= 4 is 17.2 Å². The van der Waals surface area contributed by atoms with Crippen molar-refractivity contribution in [2.24, 2.45) is 0 Å². The summed E-state index contributed by atoms with van der Waals surface area (Å²) >= 11 is 5.99. The Bertz CT molecular complexity index is 1560. The second-order valence-corrected chi connectivity index (χ2v) is 8.47. The molecule has 0 radical (unpaired) electrons. The minimum atomic E-state index is -0.344. The molecule has 5 rings (SSSR count). The third-order valence-corrected chi connectivity index (χ3v) is 5.91. The van der Waals surface area contributed by atoms with Gasteiger partial charge in [-0.3, -0.25) is 0 Å². The van der Waals surface area contributed by atoms with E-state index in [1.807, 2.05) is 55.5 Å². The van der Waals surface area contributed by atoms with E-state index in [9.17, 15) is 9.90 Å². The quantitative estimate of drug-likeness (QED) is 0.336. The van der Waals surface area contributed by atoms with E-state index in [0.29, 0.717) is 27.7 Å². The number of hydrogen-bond acceptors (Lipinski definition) is 3. The first-order valence-electron chi connectivity index (χ1n) is 10.8. The second-order valence-electron chi connectivity index (χ2n) is 8.03. The molecule has 0 amide bonds. The lowest BCUT2D eigenvalue weighted by atomic mass is 10.1. The summed E-state index contributed by atoms with van der Waals surface area (Å²) in [5.41, 5.74) is 2.70. The Morgan fingerprint density at radius 3 is 2.50 bits per heavy atom. The van der Waals surface area contributed by atoms with E-state index in [4.69, 9.17) is 16.3 Å². The van der Waals surface area contributed by atoms with Gasteiger partial charge in [0.2, 0.25) is 0 Å². The lowest BCUT2D eigenvalue weighted by Crippen LogP contribution is -2.44. The van der Waals surface area contributed by atoms with Crippen molar-refractivity contribution in [3.05, 3.63) is 124 Å². The largest absolute Gasteiger partial charge is 0.842 e. The van der Waals surface area contributed by atoms with Crippen LogP contribution in [0.5, 0.6) is 17.4 Å². The standard InChI is InChI=1S/C28H21ClN2O3/c1-19-7-6-9-20(17-19)26-27(32)30-16-5-4-11-25(30)31(28(26)33)18-21-8-2-3-10-24(21)34-23-14-12-22(29)13-15-23/h2-17H,18H2,1H3. The Balaban J connectivity index is 1.66. The molecule has 2 aromatic heterocycles. The van der Waals surface area contributed by atoms with Crippen LogP contribution in [-0.2, 0) is 6.54 Å². The Kier molecular flexibility index (Phi) is 5.78. The predicted molar refractivity (Wildman–Crippen MR) is 131 cm³/mol. The fraction of sp³-hybridized carbons (Fsp3) is 0.0714. The molecule has 168 valence electrons. The maximum absolute atomic E-state index is 13.7. The monoisotopic (exact) mass is 468 g/mol. The van der Waals surface area contributed by atoms with Gasteiger partial charge >= 0.3 is 5.56 Å². The van der Waals surface area contributed by atoms with Crippen LogP contribution >= 0.6 is 11.6 Å². The number of benzene rings is 3. The average Bonchev–Trinajstić information content (AvgIpc) is 2.84. The van der Waals surface area contributed by atoms with E-state index >= 15 is 0 Å². The Morgan fingerprint density at radius 1 is 0.941 bits per heavy atom. The van der Waals surface area contributed by atoms with Gasteiger partial charge < -0.3 is 9.84 Å². The molecule has 6 heteroatoms. The number of nitrogens with zero attached hydrogens (tertiary/aromatic N) is 2. The summed E-state index contributed by atoms with van der Waals surface area (Å²) in [5, 5.41) is 14.3. The van der Waals surface area contributed by atoms with Crippen LogP contribution in [0, 0.1) is 6.92 Å². The van der Waals surface area contributed by atoms with Crippen LogP contribution in [0.3, 0.4) is 0 Å². The van der Waals surface area contributed by atoms with E-state index in [1.54, 1.807) is 53.2 Å². The van der Waals surface area contributed by atoms with Gasteiger partial charge in [0.15, 0.2) is 0 Å². The fourth-order valence-electron chi connectivity index (χ4n) is 4.01. The minimum absolute atomic E-state index is 0.142. The fourth-order valence-corrected chi connectivity index (χ4v) is 4.14. The number of fused-ring (bicyclic) bond motifs is 1. The molecule has 0 aliphatic rings. The lowest BCUT2D eigenvalue weighted by Gasteiger charge is -2.18. The SMILES string of the molecule is Cc1cccc(-c2c([O-])[n+](Cc3ccccc3Oc3ccc(Cl)cc3)c3ccccn3c2=O)c1. The molecule has 0 atom stereocenters. The first kappa shape index (κ1) is 21.7. The zero-order valence-electron chi connectivity index (χ0n) is 18.4. The van der Waals surface area contributed by atoms with Gasteiger partial charge in [-0.2, -0.15) is 4.40 Å². The topological polar surface area (TPSA) is 57.6 Å². The van der Waals surface area contributed by atoms with Crippen molar-refractivity contribution in [3.8, 4) is 28.5 Å². The van der Waals surface area contributed by atoms with E-state index in [-0.39, 0.29) is 23.5 Å². The molecule has 0 unspecified atom stereocenters. The number of halogens is 1. The van der Waals surface area contributed by atoms with Crippen molar-refractivity contribution < 1.29 is 14.4 Å². The van der Waals surface area contributed by atoms with Gasteiger partial charge in [0.25, 0.3) is 5.65 Å². The first-order chi connectivity index (χ1) is 16.5. The lowest BCUT2D eigenvalue weighted by molar-refractivity contribution is -0.708. The molecule has 3 aromatic carbocycles. The molecule has 0 spiro atoms. The van der Waals surface area contributed by atoms with Crippen LogP contribution in [0.2, 0.25) is 5.02 Å². The highest BCUT2D eigenvalue weighted by Crippen LogP contribution is 2.28. The number of rotatable bonds is 5. The van der Waals surface area contributed by atoms with E-state index in [1.165, 1.54) is 4.40 Å². The molecule has 34 heavy (non-hydrogen) atoms. The van der Waals surface area contributed by atoms with Crippen LogP contribution in [0.4, 0.5) is 0 Å². The molecule has 0 aliphatic heterocycles. The van der Waals surface area contributed by atoms with Crippen LogP contribution in [0.15, 0.2) is 102 Å². The van der Waals surface area contributed by atoms with E-state index in [2.05, 4.69) is 0 Å². The molecule has 5 aromatic rings. The molecule has 0 saturated carbocycles. The van der Waals surface area contributed by atoms with Gasteiger partial charge in [-0.25, -0.2) is 9.36 Å². The van der Waals surface area contributed by atoms with Crippen LogP contribution in [-0.4, -0.2) is 4.40 Å². The summed E-state index contributed by atoms with van der Waals surface area (Å²) in [5.74, 6) is 0.913. The molecule has 0 bridgehead atoms. The third-order valence-electron chi connectivity index (χ3n) is 5.66. The van der Waals surface area contributed by atoms with Gasteiger partial charge in [-0.1, -0.05) is 65.7 Å². The molecule has 0 saturated heterocycles. The molecule has 5 nitrogen and oxygen atoms in total. The number of pyridine rings is 1. The normalized spacial score (nSPS) is 11.0. The van der Waals surface area contributed by atoms with Gasteiger partial charge in [-0.15, -0.1) is 0 Å². The van der Waals surface area contributed by atoms with Crippen molar-refractivity contribution in [2.75, 3.05) is 0 Å². The number of aryl methyl sites for hydroxylation is 1. The Morgan fingerprint density at radius 2 is 1.71 bits per heavy atom. The zero-order chi connectivity index (χ0) is 23.7. The number of para-hydroxylation sites is 1. The number of hydrogen-bond donors (Lipinski definition) is 0. The third kappa shape index (κ3) is 4.14. The summed E-state index contributed by atoms with van der Waals surface area (Å²) in [4.78, 5) is 13.3. The van der Waals surface area contributed by atoms with Gasteiger partial charge in [0.05, 0.1) is 12.1 Å². The molecule has 0 fully saturated rings. The van der Waals surface area contributed by atoms with Crippen molar-refractivity contribution in [1.82, 2.24) is 4.40 Å². The Labute approximate surface area is 201 Å². The summed E-state index contributed by atoms with van der Waals surface area (Å²) in [6, 6.07) is 27.4. The molecular weight excluding hydrogens is 448 g/mol. The average molecular weight is 469 g/mol. The van der Waals surface area contributed by atoms with Crippen LogP contribution in [0.25, 0.3) is 16.8 Å². The maximum atomic E-state index is 13.7. The predicted octanol–water partition coefficient (Wildman–Crippen LogP) is 5.13. The first-order valence-corrected chi connectivity index (χ1v) is 11.2. The highest BCUT2D eigenvalue weighted by Gasteiger charge is 2.21. The van der Waals surface area contributed by atoms with E-state index < -0.39 is 0 Å². The minimum Gasteiger partial charge on any atom is -0.842 e. The molecule has 2 heterocycles. The molecular formula is C28H21ClN2O3. The van der Waals surface area contributed by atoms with Crippen LogP contribution < -0.4 is 20.0 Å². The van der Waals surface area contributed by atoms with Gasteiger partial charge in [0, 0.05) is 16.7 Å². The van der Waals surface area contributed by atoms with Crippen LogP contribution in [0.1, 0.15) is 11.1 Å². The maximum Gasteiger partial charge on any atom is 0.349 e. The van der Waals surface area contributed by atoms with Crippen molar-refractivity contribution in [2.45, 2.75) is 13.5 Å². The summed E-state index contributed by atoms with van der Waals surface area (Å²) in [6.45, 7) is 2.17. The smallest absolute Gasteiger partial charge is 0.349 e. The Hall–Kier alpha value is -4.09. The van der Waals surface area contributed by atoms with E-state index in [0.717, 1.165) is 11.1 Å². The number of aromatic nitrogens is 2. The summed E-state index contributed by atoms with van der Waals surface area (Å²) < 4.78 is 9.23. The summed E-state index contributed by atoms with van der Waals surface area (Å²) in [6.07, 6.45) is 1.68. The second kappa shape index (κ2) is 9.04. The number of ether oxygens (including phenoxy) is 1. The molecule has 0 N–H and O–H groups in total. The van der Waals surface area contributed by atoms with Gasteiger partial charge in [0.1, 0.15) is 23.6 Å². The zero-order valence-corrected chi connectivity index (χ0v) is 19.2. The van der Waals surface area contributed by atoms with Crippen molar-refractivity contribution in [1.29, 1.82) is 0 Å². The highest BCUT2D eigenvalue weighted by atomic mass is 35.5. The van der Waals surface area contributed by atoms with Gasteiger partial charge in [-0.05, 0) is 48.9 Å². The summed E-state index contributed by atoms with van der Waals surface area (Å²) in [7, 11) is 0. The highest BCUT2D eigenvalue weighted by molar-refractivity contribution is 6.30.